The topological polar surface area (TPSA) is 98.2 Å². The number of rotatable bonds is 2. The van der Waals surface area contributed by atoms with E-state index in [4.69, 9.17) is 11.5 Å². The third-order valence-electron chi connectivity index (χ3n) is 1.57. The normalized spacial score (nSPS) is 9.86. The summed E-state index contributed by atoms with van der Waals surface area (Å²) in [6.07, 6.45) is 0. The van der Waals surface area contributed by atoms with Crippen molar-refractivity contribution in [3.63, 3.8) is 0 Å². The molecule has 0 aliphatic rings. The molecule has 1 aromatic heterocycles. The van der Waals surface area contributed by atoms with Gasteiger partial charge in [-0.15, -0.1) is 11.3 Å². The van der Waals surface area contributed by atoms with Crippen molar-refractivity contribution in [1.29, 1.82) is 0 Å². The highest BCUT2D eigenvalue weighted by Gasteiger charge is 2.18. The molecule has 1 aromatic rings. The summed E-state index contributed by atoms with van der Waals surface area (Å²) in [6, 6.07) is -0.721. The van der Waals surface area contributed by atoms with Crippen LogP contribution in [-0.2, 0) is 0 Å². The summed E-state index contributed by atoms with van der Waals surface area (Å²) < 4.78 is 0.745. The molecule has 0 saturated carbocycles. The minimum atomic E-state index is -0.721. The molecule has 0 saturated heterocycles. The van der Waals surface area contributed by atoms with Crippen LogP contribution < -0.4 is 16.8 Å². The van der Waals surface area contributed by atoms with Crippen LogP contribution in [0.1, 0.15) is 15.9 Å². The second-order valence-electron chi connectivity index (χ2n) is 2.56. The van der Waals surface area contributed by atoms with Crippen molar-refractivity contribution in [3.8, 4) is 0 Å². The van der Waals surface area contributed by atoms with E-state index in [9.17, 15) is 9.59 Å². The first kappa shape index (κ1) is 11.0. The molecule has 76 valence electrons. The van der Waals surface area contributed by atoms with Crippen LogP contribution in [0.5, 0.6) is 0 Å². The highest BCUT2D eigenvalue weighted by Crippen LogP contribution is 2.36. The number of urea groups is 1. The van der Waals surface area contributed by atoms with Crippen molar-refractivity contribution in [3.05, 3.63) is 14.9 Å². The highest BCUT2D eigenvalue weighted by molar-refractivity contribution is 9.11. The molecule has 0 aliphatic heterocycles. The molecule has 0 aromatic carbocycles. The number of nitrogens with one attached hydrogen (secondary N) is 1. The lowest BCUT2D eigenvalue weighted by Gasteiger charge is -2.00. The van der Waals surface area contributed by atoms with Crippen molar-refractivity contribution in [2.24, 2.45) is 11.5 Å². The number of anilines is 1. The lowest BCUT2D eigenvalue weighted by Crippen LogP contribution is -2.21. The molecule has 0 atom stereocenters. The second kappa shape index (κ2) is 3.97. The van der Waals surface area contributed by atoms with Crippen LogP contribution >= 0.6 is 27.3 Å². The molecule has 0 aliphatic carbocycles. The monoisotopic (exact) mass is 277 g/mol. The van der Waals surface area contributed by atoms with E-state index in [0.717, 1.165) is 3.79 Å². The van der Waals surface area contributed by atoms with Crippen molar-refractivity contribution < 1.29 is 9.59 Å². The van der Waals surface area contributed by atoms with Crippen molar-refractivity contribution >= 4 is 44.2 Å². The Kier molecular flexibility index (Phi) is 3.12. The number of carbonyl (C=O) groups is 2. The first-order chi connectivity index (χ1) is 6.43. The van der Waals surface area contributed by atoms with Crippen LogP contribution in [0.3, 0.4) is 0 Å². The van der Waals surface area contributed by atoms with Crippen LogP contribution in [-0.4, -0.2) is 11.9 Å². The van der Waals surface area contributed by atoms with E-state index in [-0.39, 0.29) is 0 Å². The highest BCUT2D eigenvalue weighted by atomic mass is 79.9. The van der Waals surface area contributed by atoms with Crippen LogP contribution in [0.25, 0.3) is 0 Å². The van der Waals surface area contributed by atoms with Gasteiger partial charge in [0.25, 0.3) is 5.91 Å². The zero-order valence-corrected chi connectivity index (χ0v) is 9.66. The minimum Gasteiger partial charge on any atom is -0.365 e. The smallest absolute Gasteiger partial charge is 0.317 e. The van der Waals surface area contributed by atoms with E-state index in [1.807, 2.05) is 0 Å². The van der Waals surface area contributed by atoms with E-state index in [1.54, 1.807) is 6.92 Å². The van der Waals surface area contributed by atoms with Gasteiger partial charge in [0.05, 0.1) is 9.35 Å². The van der Waals surface area contributed by atoms with Crippen LogP contribution in [0.15, 0.2) is 3.79 Å². The lowest BCUT2D eigenvalue weighted by molar-refractivity contribution is 0.100. The summed E-state index contributed by atoms with van der Waals surface area (Å²) in [4.78, 5) is 21.7. The summed E-state index contributed by atoms with van der Waals surface area (Å²) in [5.74, 6) is -0.590. The molecular weight excluding hydrogens is 270 g/mol. The third-order valence-corrected chi connectivity index (χ3v) is 3.65. The van der Waals surface area contributed by atoms with Gasteiger partial charge in [0.15, 0.2) is 0 Å². The molecule has 0 unspecified atom stereocenters. The van der Waals surface area contributed by atoms with Crippen molar-refractivity contribution in [1.82, 2.24) is 0 Å². The molecule has 14 heavy (non-hydrogen) atoms. The fourth-order valence-corrected chi connectivity index (χ4v) is 2.61. The first-order valence-electron chi connectivity index (χ1n) is 3.58. The molecule has 0 spiro atoms. The number of hydrogen-bond donors (Lipinski definition) is 3. The number of thiophene rings is 1. The summed E-state index contributed by atoms with van der Waals surface area (Å²) in [7, 11) is 0. The lowest BCUT2D eigenvalue weighted by atomic mass is 10.2. The largest absolute Gasteiger partial charge is 0.365 e. The predicted octanol–water partition coefficient (Wildman–Crippen LogP) is 1.41. The Labute approximate surface area is 92.6 Å². The molecule has 5 N–H and O–H groups in total. The SMILES string of the molecule is Cc1c(Br)sc(NC(N)=O)c1C(N)=O. The molecule has 0 bridgehead atoms. The van der Waals surface area contributed by atoms with Gasteiger partial charge in [-0.2, -0.15) is 0 Å². The summed E-state index contributed by atoms with van der Waals surface area (Å²) >= 11 is 4.45. The number of nitrogens with two attached hydrogens (primary N) is 2. The Morgan fingerprint density at radius 2 is 2.00 bits per heavy atom. The summed E-state index contributed by atoms with van der Waals surface area (Å²) in [5, 5.41) is 2.71. The molecule has 1 heterocycles. The maximum atomic E-state index is 11.1. The van der Waals surface area contributed by atoms with Gasteiger partial charge in [-0.25, -0.2) is 4.79 Å². The number of hydrogen-bond acceptors (Lipinski definition) is 3. The maximum Gasteiger partial charge on any atom is 0.317 e. The second-order valence-corrected chi connectivity index (χ2v) is 4.90. The molecular formula is C7H8BrN3O2S. The van der Waals surface area contributed by atoms with E-state index >= 15 is 0 Å². The zero-order valence-electron chi connectivity index (χ0n) is 7.26. The van der Waals surface area contributed by atoms with Gasteiger partial charge in [-0.1, -0.05) is 0 Å². The number of amides is 3. The number of carbonyl (C=O) groups excluding carboxylic acids is 2. The average molecular weight is 278 g/mol. The number of halogens is 1. The van der Waals surface area contributed by atoms with E-state index in [0.29, 0.717) is 16.1 Å². The molecule has 0 fully saturated rings. The van der Waals surface area contributed by atoms with Gasteiger partial charge < -0.3 is 11.5 Å². The summed E-state index contributed by atoms with van der Waals surface area (Å²) in [6.45, 7) is 1.73. The van der Waals surface area contributed by atoms with Crippen molar-refractivity contribution in [2.45, 2.75) is 6.92 Å². The van der Waals surface area contributed by atoms with Crippen molar-refractivity contribution in [2.75, 3.05) is 5.32 Å². The third kappa shape index (κ3) is 2.05. The molecule has 1 rings (SSSR count). The zero-order chi connectivity index (χ0) is 10.9. The Bertz CT molecular complexity index is 402. The van der Waals surface area contributed by atoms with Gasteiger partial charge in [0, 0.05) is 0 Å². The first-order valence-corrected chi connectivity index (χ1v) is 5.19. The van der Waals surface area contributed by atoms with Crippen LogP contribution in [0.2, 0.25) is 0 Å². The van der Waals surface area contributed by atoms with Gasteiger partial charge in [-0.05, 0) is 28.4 Å². The molecule has 7 heteroatoms. The molecule has 0 radical (unpaired) electrons. The average Bonchev–Trinajstić information content (AvgIpc) is 2.26. The fraction of sp³-hybridized carbons (Fsp3) is 0.143. The minimum absolute atomic E-state index is 0.292. The fourth-order valence-electron chi connectivity index (χ4n) is 0.982. The van der Waals surface area contributed by atoms with Crippen LogP contribution in [0, 0.1) is 6.92 Å². The van der Waals surface area contributed by atoms with Gasteiger partial charge in [0.2, 0.25) is 0 Å². The Morgan fingerprint density at radius 1 is 1.43 bits per heavy atom. The van der Waals surface area contributed by atoms with Crippen LogP contribution in [0.4, 0.5) is 9.80 Å². The van der Waals surface area contributed by atoms with E-state index < -0.39 is 11.9 Å². The Balaban J connectivity index is 3.22. The quantitative estimate of drug-likeness (QED) is 0.762. The Morgan fingerprint density at radius 3 is 2.43 bits per heavy atom. The van der Waals surface area contributed by atoms with Gasteiger partial charge in [-0.3, -0.25) is 10.1 Å². The van der Waals surface area contributed by atoms with E-state index in [2.05, 4.69) is 21.2 Å². The summed E-state index contributed by atoms with van der Waals surface area (Å²) in [5.41, 5.74) is 11.1. The molecule has 5 nitrogen and oxygen atoms in total. The van der Waals surface area contributed by atoms with Gasteiger partial charge in [0.1, 0.15) is 5.00 Å². The standard InChI is InChI=1S/C7H8BrN3O2S/c1-2-3(5(9)12)6(11-7(10)13)14-4(2)8/h1H3,(H2,9,12)(H3,10,11,13). The Hall–Kier alpha value is -1.08. The predicted molar refractivity (Wildman–Crippen MR) is 58.5 cm³/mol. The maximum absolute atomic E-state index is 11.1. The number of primary amides is 2. The van der Waals surface area contributed by atoms with E-state index in [1.165, 1.54) is 11.3 Å². The molecule has 3 amide bonds. The van der Waals surface area contributed by atoms with Gasteiger partial charge >= 0.3 is 6.03 Å².